The summed E-state index contributed by atoms with van der Waals surface area (Å²) in [5, 5.41) is 10.5. The van der Waals surface area contributed by atoms with Gasteiger partial charge in [-0.25, -0.2) is 9.97 Å². The van der Waals surface area contributed by atoms with Crippen LogP contribution in [0.5, 0.6) is 0 Å². The number of nitrogen functional groups attached to an aromatic ring is 1. The SMILES string of the molecule is Cc1ccc(-n2cnnc2SCc2nc(N)c3ccccc3n2)cc1Cl. The third-order valence-electron chi connectivity index (χ3n) is 3.96. The van der Waals surface area contributed by atoms with E-state index < -0.39 is 0 Å². The van der Waals surface area contributed by atoms with Crippen molar-refractivity contribution in [1.82, 2.24) is 24.7 Å². The largest absolute Gasteiger partial charge is 0.383 e. The van der Waals surface area contributed by atoms with Gasteiger partial charge in [0.15, 0.2) is 5.16 Å². The number of nitrogens with two attached hydrogens (primary N) is 1. The summed E-state index contributed by atoms with van der Waals surface area (Å²) in [6.07, 6.45) is 1.67. The lowest BCUT2D eigenvalue weighted by molar-refractivity contribution is 0.881. The van der Waals surface area contributed by atoms with Gasteiger partial charge in [0.25, 0.3) is 0 Å². The molecule has 26 heavy (non-hydrogen) atoms. The standard InChI is InChI=1S/C18H15ClN6S/c1-11-6-7-12(8-14(11)19)25-10-21-24-18(25)26-9-16-22-15-5-3-2-4-13(15)17(20)23-16/h2-8,10H,9H2,1H3,(H2,20,22,23). The van der Waals surface area contributed by atoms with Crippen molar-refractivity contribution >= 4 is 40.1 Å². The summed E-state index contributed by atoms with van der Waals surface area (Å²) < 4.78 is 1.89. The van der Waals surface area contributed by atoms with Crippen LogP contribution in [0.3, 0.4) is 0 Å². The Labute approximate surface area is 159 Å². The molecule has 0 saturated heterocycles. The van der Waals surface area contributed by atoms with Gasteiger partial charge in [0.2, 0.25) is 0 Å². The molecule has 0 aliphatic rings. The highest BCUT2D eigenvalue weighted by atomic mass is 35.5. The maximum atomic E-state index is 6.23. The van der Waals surface area contributed by atoms with Crippen molar-refractivity contribution in [3.8, 4) is 5.69 Å². The average molecular weight is 383 g/mol. The van der Waals surface area contributed by atoms with E-state index in [1.165, 1.54) is 11.8 Å². The van der Waals surface area contributed by atoms with Crippen molar-refractivity contribution < 1.29 is 0 Å². The van der Waals surface area contributed by atoms with Crippen molar-refractivity contribution in [2.75, 3.05) is 5.73 Å². The molecule has 4 rings (SSSR count). The Morgan fingerprint density at radius 1 is 1.15 bits per heavy atom. The lowest BCUT2D eigenvalue weighted by atomic mass is 10.2. The molecule has 2 N–H and O–H groups in total. The van der Waals surface area contributed by atoms with Gasteiger partial charge in [0.1, 0.15) is 18.0 Å². The van der Waals surface area contributed by atoms with E-state index >= 15 is 0 Å². The Kier molecular flexibility index (Phi) is 4.48. The number of aryl methyl sites for hydroxylation is 1. The first-order chi connectivity index (χ1) is 12.6. The molecule has 0 amide bonds. The van der Waals surface area contributed by atoms with E-state index in [-0.39, 0.29) is 0 Å². The van der Waals surface area contributed by atoms with Crippen LogP contribution in [0.1, 0.15) is 11.4 Å². The molecule has 6 nitrogen and oxygen atoms in total. The van der Waals surface area contributed by atoms with Gasteiger partial charge >= 0.3 is 0 Å². The highest BCUT2D eigenvalue weighted by Crippen LogP contribution is 2.26. The zero-order valence-corrected chi connectivity index (χ0v) is 15.5. The smallest absolute Gasteiger partial charge is 0.196 e. The number of halogens is 1. The number of rotatable bonds is 4. The van der Waals surface area contributed by atoms with Crippen LogP contribution in [0.2, 0.25) is 5.02 Å². The molecule has 2 aromatic heterocycles. The van der Waals surface area contributed by atoms with Crippen LogP contribution in [0.4, 0.5) is 5.82 Å². The van der Waals surface area contributed by atoms with Crippen LogP contribution in [0, 0.1) is 6.92 Å². The second-order valence-electron chi connectivity index (χ2n) is 5.75. The number of fused-ring (bicyclic) bond motifs is 1. The van der Waals surface area contributed by atoms with Gasteiger partial charge in [-0.1, -0.05) is 41.6 Å². The molecule has 0 fully saturated rings. The number of para-hydroxylation sites is 1. The molecule has 2 aromatic carbocycles. The average Bonchev–Trinajstić information content (AvgIpc) is 3.11. The highest BCUT2D eigenvalue weighted by molar-refractivity contribution is 7.98. The Morgan fingerprint density at radius 3 is 2.85 bits per heavy atom. The summed E-state index contributed by atoms with van der Waals surface area (Å²) in [5.74, 6) is 1.67. The van der Waals surface area contributed by atoms with Gasteiger partial charge in [-0.15, -0.1) is 10.2 Å². The minimum atomic E-state index is 0.484. The number of nitrogens with zero attached hydrogens (tertiary/aromatic N) is 5. The molecule has 0 saturated carbocycles. The van der Waals surface area contributed by atoms with Gasteiger partial charge < -0.3 is 5.73 Å². The molecule has 0 radical (unpaired) electrons. The van der Waals surface area contributed by atoms with Gasteiger partial charge in [0, 0.05) is 10.4 Å². The summed E-state index contributed by atoms with van der Waals surface area (Å²) in [6.45, 7) is 1.97. The number of thioether (sulfide) groups is 1. The third-order valence-corrected chi connectivity index (χ3v) is 5.31. The molecule has 8 heteroatoms. The van der Waals surface area contributed by atoms with Crippen molar-refractivity contribution in [3.05, 3.63) is 65.2 Å². The second kappa shape index (κ2) is 6.93. The van der Waals surface area contributed by atoms with Gasteiger partial charge in [-0.3, -0.25) is 4.57 Å². The zero-order valence-electron chi connectivity index (χ0n) is 13.9. The summed E-state index contributed by atoms with van der Waals surface area (Å²) in [4.78, 5) is 8.97. The fourth-order valence-electron chi connectivity index (χ4n) is 2.58. The molecule has 0 unspecified atom stereocenters. The minimum Gasteiger partial charge on any atom is -0.383 e. The van der Waals surface area contributed by atoms with Crippen LogP contribution in [-0.4, -0.2) is 24.7 Å². The Morgan fingerprint density at radius 2 is 2.00 bits per heavy atom. The van der Waals surface area contributed by atoms with Crippen LogP contribution in [0.25, 0.3) is 16.6 Å². The second-order valence-corrected chi connectivity index (χ2v) is 7.10. The van der Waals surface area contributed by atoms with E-state index in [2.05, 4.69) is 20.2 Å². The van der Waals surface area contributed by atoms with Crippen molar-refractivity contribution in [2.24, 2.45) is 0 Å². The number of hydrogen-bond acceptors (Lipinski definition) is 6. The lowest BCUT2D eigenvalue weighted by Gasteiger charge is -2.08. The minimum absolute atomic E-state index is 0.484. The van der Waals surface area contributed by atoms with Crippen LogP contribution >= 0.6 is 23.4 Å². The van der Waals surface area contributed by atoms with Crippen LogP contribution in [-0.2, 0) is 5.75 Å². The predicted molar refractivity (Wildman–Crippen MR) is 105 cm³/mol. The monoisotopic (exact) mass is 382 g/mol. The lowest BCUT2D eigenvalue weighted by Crippen LogP contribution is -2.01. The summed E-state index contributed by atoms with van der Waals surface area (Å²) in [6, 6.07) is 13.6. The van der Waals surface area contributed by atoms with E-state index in [1.807, 2.05) is 54.0 Å². The third kappa shape index (κ3) is 3.23. The fraction of sp³-hybridized carbons (Fsp3) is 0.111. The molecular formula is C18H15ClN6S. The zero-order chi connectivity index (χ0) is 18.1. The molecule has 130 valence electrons. The number of benzene rings is 2. The molecule has 0 aliphatic carbocycles. The normalized spacial score (nSPS) is 11.2. The maximum absolute atomic E-state index is 6.23. The van der Waals surface area contributed by atoms with Crippen LogP contribution < -0.4 is 5.73 Å². The van der Waals surface area contributed by atoms with Crippen LogP contribution in [0.15, 0.2) is 53.9 Å². The van der Waals surface area contributed by atoms with E-state index in [9.17, 15) is 0 Å². The maximum Gasteiger partial charge on any atom is 0.196 e. The molecule has 0 spiro atoms. The summed E-state index contributed by atoms with van der Waals surface area (Å²) in [7, 11) is 0. The molecule has 0 bridgehead atoms. The van der Waals surface area contributed by atoms with Gasteiger partial charge in [0.05, 0.1) is 17.0 Å². The Bertz CT molecular complexity index is 1090. The van der Waals surface area contributed by atoms with E-state index in [0.29, 0.717) is 22.4 Å². The number of hydrogen-bond donors (Lipinski definition) is 1. The van der Waals surface area contributed by atoms with Crippen molar-refractivity contribution in [2.45, 2.75) is 17.8 Å². The molecule has 0 aliphatic heterocycles. The first kappa shape index (κ1) is 16.8. The van der Waals surface area contributed by atoms with E-state index in [0.717, 1.165) is 27.3 Å². The first-order valence-corrected chi connectivity index (χ1v) is 9.28. The first-order valence-electron chi connectivity index (χ1n) is 7.92. The summed E-state index contributed by atoms with van der Waals surface area (Å²) >= 11 is 7.73. The predicted octanol–water partition coefficient (Wildman–Crippen LogP) is 4.05. The Balaban J connectivity index is 1.60. The van der Waals surface area contributed by atoms with Gasteiger partial charge in [-0.05, 0) is 36.8 Å². The highest BCUT2D eigenvalue weighted by Gasteiger charge is 2.11. The van der Waals surface area contributed by atoms with Gasteiger partial charge in [-0.2, -0.15) is 0 Å². The number of anilines is 1. The number of aromatic nitrogens is 5. The van der Waals surface area contributed by atoms with E-state index in [4.69, 9.17) is 17.3 Å². The molecule has 2 heterocycles. The van der Waals surface area contributed by atoms with E-state index in [1.54, 1.807) is 6.33 Å². The fourth-order valence-corrected chi connectivity index (χ4v) is 3.53. The Hall–Kier alpha value is -2.64. The van der Waals surface area contributed by atoms with Crippen molar-refractivity contribution in [3.63, 3.8) is 0 Å². The molecule has 4 aromatic rings. The topological polar surface area (TPSA) is 82.5 Å². The molecule has 0 atom stereocenters. The quantitative estimate of drug-likeness (QED) is 0.536. The molecular weight excluding hydrogens is 368 g/mol. The van der Waals surface area contributed by atoms with Crippen molar-refractivity contribution in [1.29, 1.82) is 0 Å². The summed E-state index contributed by atoms with van der Waals surface area (Å²) in [5.41, 5.74) is 8.82.